The minimum Gasteiger partial charge on any atom is -0.324 e. The van der Waals surface area contributed by atoms with E-state index in [0.717, 1.165) is 6.66 Å². The molecule has 120 valence electrons. The van der Waals surface area contributed by atoms with Crippen molar-refractivity contribution >= 4 is 20.5 Å². The largest absolute Gasteiger partial charge is 0.449 e. The van der Waals surface area contributed by atoms with Gasteiger partial charge in [0.25, 0.3) is 0 Å². The second kappa shape index (κ2) is 10.6. The average Bonchev–Trinajstić information content (AvgIpc) is 1.98. The van der Waals surface area contributed by atoms with E-state index in [2.05, 4.69) is 4.52 Å². The van der Waals surface area contributed by atoms with E-state index < -0.39 is 26.7 Å². The van der Waals surface area contributed by atoms with Crippen molar-refractivity contribution in [3.05, 3.63) is 0 Å². The molecule has 0 spiro atoms. The number of rotatable bonds is 1. The number of Topliss-reactive ketones (excluding diaryl/α,β-unsaturated/α-hetero) is 1. The van der Waals surface area contributed by atoms with Crippen LogP contribution in [-0.2, 0) is 18.4 Å². The first-order valence-corrected chi connectivity index (χ1v) is 9.54. The molecular formula is C9H23F3O5P2. The fourth-order valence-electron chi connectivity index (χ4n) is 0. The third-order valence-electron chi connectivity index (χ3n) is 0.738. The summed E-state index contributed by atoms with van der Waals surface area (Å²) in [5.74, 6) is -1.76. The Balaban J connectivity index is -0.0000000878. The Morgan fingerprint density at radius 1 is 1.11 bits per heavy atom. The van der Waals surface area contributed by atoms with Crippen molar-refractivity contribution in [1.82, 2.24) is 0 Å². The quantitative estimate of drug-likeness (QED) is 0.745. The van der Waals surface area contributed by atoms with Crippen LogP contribution in [0.1, 0.15) is 14.4 Å². The Morgan fingerprint density at radius 2 is 1.21 bits per heavy atom. The minimum absolute atomic E-state index is 0. The summed E-state index contributed by atoms with van der Waals surface area (Å²) in [7, 11) is -3.59. The van der Waals surface area contributed by atoms with E-state index in [-0.39, 0.29) is 7.43 Å². The molecule has 0 radical (unpaired) electrons. The van der Waals surface area contributed by atoms with Crippen LogP contribution in [0.5, 0.6) is 0 Å². The standard InChI is InChI=1S/C3H3F3O.C3H9OP.C2H7O3P.CH4/c1-2(7)3(4,5)6;1-5(2,3)4;1-5-6(2,3)4;/h1H3;1-3H3;1-2H3,(H,3,4);1H4. The maximum Gasteiger partial charge on any atom is 0.449 e. The molecule has 0 amide bonds. The molecule has 1 N–H and O–H groups in total. The Kier molecular flexibility index (Phi) is 15.2. The molecule has 0 rings (SSSR count). The molecule has 10 heteroatoms. The molecule has 0 saturated carbocycles. The predicted octanol–water partition coefficient (Wildman–Crippen LogP) is 3.46. The van der Waals surface area contributed by atoms with E-state index in [0.29, 0.717) is 6.92 Å². The van der Waals surface area contributed by atoms with E-state index in [1.165, 1.54) is 7.11 Å². The fraction of sp³-hybridized carbons (Fsp3) is 0.889. The topological polar surface area (TPSA) is 80.7 Å². The van der Waals surface area contributed by atoms with Crippen LogP contribution in [-0.4, -0.2) is 50.6 Å². The molecule has 19 heavy (non-hydrogen) atoms. The zero-order chi connectivity index (χ0) is 15.8. The average molecular weight is 330 g/mol. The highest BCUT2D eigenvalue weighted by atomic mass is 31.2. The van der Waals surface area contributed by atoms with E-state index in [1.54, 1.807) is 20.0 Å². The van der Waals surface area contributed by atoms with Gasteiger partial charge in [-0.25, -0.2) is 0 Å². The van der Waals surface area contributed by atoms with Crippen LogP contribution >= 0.6 is 14.7 Å². The summed E-state index contributed by atoms with van der Waals surface area (Å²) in [6.45, 7) is 6.85. The highest BCUT2D eigenvalue weighted by Crippen LogP contribution is 2.34. The van der Waals surface area contributed by atoms with Gasteiger partial charge in [0.2, 0.25) is 5.78 Å². The molecule has 1 unspecified atom stereocenters. The van der Waals surface area contributed by atoms with Gasteiger partial charge in [-0.15, -0.1) is 0 Å². The summed E-state index contributed by atoms with van der Waals surface area (Å²) < 4.78 is 56.7. The lowest BCUT2D eigenvalue weighted by atomic mass is 10.5. The number of alkyl halides is 3. The van der Waals surface area contributed by atoms with Crippen LogP contribution in [0.15, 0.2) is 0 Å². The van der Waals surface area contributed by atoms with Crippen LogP contribution < -0.4 is 0 Å². The lowest BCUT2D eigenvalue weighted by Gasteiger charge is -1.96. The first kappa shape index (κ1) is 27.2. The van der Waals surface area contributed by atoms with Crippen molar-refractivity contribution in [2.45, 2.75) is 20.5 Å². The maximum absolute atomic E-state index is 10.8. The van der Waals surface area contributed by atoms with Crippen molar-refractivity contribution in [2.24, 2.45) is 0 Å². The lowest BCUT2D eigenvalue weighted by Crippen LogP contribution is -2.18. The van der Waals surface area contributed by atoms with Gasteiger partial charge in [0.1, 0.15) is 0 Å². The van der Waals surface area contributed by atoms with Gasteiger partial charge >= 0.3 is 13.8 Å². The minimum atomic E-state index is -4.64. The fourth-order valence-corrected chi connectivity index (χ4v) is 0. The number of carbonyl (C=O) groups is 1. The highest BCUT2D eigenvalue weighted by molar-refractivity contribution is 7.61. The second-order valence-electron chi connectivity index (χ2n) is 3.93. The molecule has 0 aliphatic carbocycles. The summed E-state index contributed by atoms with van der Waals surface area (Å²) >= 11 is 0. The van der Waals surface area contributed by atoms with Crippen molar-refractivity contribution in [3.63, 3.8) is 0 Å². The van der Waals surface area contributed by atoms with Gasteiger partial charge in [0, 0.05) is 20.7 Å². The number of hydrogen-bond donors (Lipinski definition) is 1. The van der Waals surface area contributed by atoms with Crippen molar-refractivity contribution in [2.75, 3.05) is 33.8 Å². The van der Waals surface area contributed by atoms with Crippen molar-refractivity contribution in [1.29, 1.82) is 0 Å². The zero-order valence-electron chi connectivity index (χ0n) is 11.1. The van der Waals surface area contributed by atoms with Gasteiger partial charge in [0.15, 0.2) is 0 Å². The van der Waals surface area contributed by atoms with E-state index >= 15 is 0 Å². The van der Waals surface area contributed by atoms with E-state index in [4.69, 9.17) is 4.89 Å². The summed E-state index contributed by atoms with van der Waals surface area (Å²) in [6, 6.07) is 0. The number of ketones is 1. The van der Waals surface area contributed by atoms with Gasteiger partial charge in [-0.05, 0) is 20.0 Å². The molecule has 0 aromatic heterocycles. The van der Waals surface area contributed by atoms with Gasteiger partial charge < -0.3 is 14.0 Å². The van der Waals surface area contributed by atoms with Crippen LogP contribution in [0.4, 0.5) is 13.2 Å². The molecule has 0 saturated heterocycles. The molecule has 1 atom stereocenters. The van der Waals surface area contributed by atoms with Crippen LogP contribution in [0.3, 0.4) is 0 Å². The molecule has 0 aromatic carbocycles. The van der Waals surface area contributed by atoms with Crippen molar-refractivity contribution < 1.29 is 36.5 Å². The van der Waals surface area contributed by atoms with Crippen LogP contribution in [0, 0.1) is 0 Å². The van der Waals surface area contributed by atoms with Gasteiger partial charge in [-0.2, -0.15) is 13.2 Å². The third kappa shape index (κ3) is 57.3. The SMILES string of the molecule is C.CC(=O)C(F)(F)F.COP(C)(=O)O.CP(C)(C)=O. The molecule has 0 heterocycles. The Bertz CT molecular complexity index is 321. The van der Waals surface area contributed by atoms with Crippen LogP contribution in [0.25, 0.3) is 0 Å². The molecular weight excluding hydrogens is 307 g/mol. The molecule has 0 aromatic rings. The van der Waals surface area contributed by atoms with E-state index in [1.807, 2.05) is 0 Å². The number of halogens is 3. The highest BCUT2D eigenvalue weighted by Gasteiger charge is 2.33. The molecule has 0 aliphatic rings. The smallest absolute Gasteiger partial charge is 0.324 e. The molecule has 0 fully saturated rings. The Hall–Kier alpha value is -0.160. The number of carbonyl (C=O) groups excluding carboxylic acids is 1. The van der Waals surface area contributed by atoms with Crippen LogP contribution in [0.2, 0.25) is 0 Å². The van der Waals surface area contributed by atoms with Crippen molar-refractivity contribution in [3.8, 4) is 0 Å². The first-order chi connectivity index (χ1) is 7.50. The summed E-state index contributed by atoms with van der Waals surface area (Å²) in [5.41, 5.74) is 0. The second-order valence-corrected chi connectivity index (χ2v) is 9.68. The molecule has 5 nitrogen and oxygen atoms in total. The Morgan fingerprint density at radius 3 is 1.21 bits per heavy atom. The predicted molar refractivity (Wildman–Crippen MR) is 71.6 cm³/mol. The summed E-state index contributed by atoms with van der Waals surface area (Å²) in [6.07, 6.45) is -4.64. The monoisotopic (exact) mass is 330 g/mol. The molecule has 0 bridgehead atoms. The number of hydrogen-bond acceptors (Lipinski definition) is 4. The van der Waals surface area contributed by atoms with Gasteiger partial charge in [-0.1, -0.05) is 7.43 Å². The maximum atomic E-state index is 10.8. The normalized spacial score (nSPS) is 13.6. The first-order valence-electron chi connectivity index (χ1n) is 4.47. The van der Waals surface area contributed by atoms with Gasteiger partial charge in [-0.3, -0.25) is 9.36 Å². The van der Waals surface area contributed by atoms with Gasteiger partial charge in [0.05, 0.1) is 7.14 Å². The zero-order valence-corrected chi connectivity index (χ0v) is 12.9. The Labute approximate surface area is 112 Å². The third-order valence-corrected chi connectivity index (χ3v) is 1.42. The molecule has 0 aliphatic heterocycles. The summed E-state index contributed by atoms with van der Waals surface area (Å²) in [4.78, 5) is 17.5. The van der Waals surface area contributed by atoms with E-state index in [9.17, 15) is 27.1 Å². The summed E-state index contributed by atoms with van der Waals surface area (Å²) in [5, 5.41) is 0. The lowest BCUT2D eigenvalue weighted by molar-refractivity contribution is -0.168.